The van der Waals surface area contributed by atoms with Gasteiger partial charge in [0.15, 0.2) is 5.75 Å². The predicted octanol–water partition coefficient (Wildman–Crippen LogP) is 1.61. The molecule has 1 aromatic rings. The maximum atomic E-state index is 5.24. The van der Waals surface area contributed by atoms with Crippen molar-refractivity contribution in [2.45, 2.75) is 6.42 Å². The molecule has 1 radical (unpaired) electrons. The molecular formula is C7H7O2. The summed E-state index contributed by atoms with van der Waals surface area (Å²) in [5, 5.41) is 0. The average molecular weight is 123 g/mol. The Kier molecular flexibility index (Phi) is 0.979. The summed E-state index contributed by atoms with van der Waals surface area (Å²) >= 11 is 0. The van der Waals surface area contributed by atoms with Crippen molar-refractivity contribution in [1.29, 1.82) is 0 Å². The first-order valence-corrected chi connectivity index (χ1v) is 3.00. The molecule has 0 spiro atoms. The first-order chi connectivity index (χ1) is 4.47. The highest BCUT2D eigenvalue weighted by Crippen LogP contribution is 2.25. The molecule has 0 saturated heterocycles. The van der Waals surface area contributed by atoms with E-state index in [1.807, 2.05) is 12.5 Å². The van der Waals surface area contributed by atoms with Crippen molar-refractivity contribution >= 4 is 0 Å². The zero-order valence-electron chi connectivity index (χ0n) is 4.96. The Morgan fingerprint density at radius 1 is 1.44 bits per heavy atom. The highest BCUT2D eigenvalue weighted by Gasteiger charge is 2.11. The molecule has 1 aliphatic heterocycles. The fourth-order valence-corrected chi connectivity index (χ4v) is 0.936. The fourth-order valence-electron chi connectivity index (χ4n) is 0.936. The SMILES string of the molecule is [CH]1CCOc2ccoc21. The largest absolute Gasteiger partial charge is 0.490 e. The minimum absolute atomic E-state index is 0.784. The molecule has 0 aliphatic carbocycles. The van der Waals surface area contributed by atoms with Crippen molar-refractivity contribution in [3.63, 3.8) is 0 Å². The van der Waals surface area contributed by atoms with Crippen molar-refractivity contribution in [1.82, 2.24) is 0 Å². The van der Waals surface area contributed by atoms with E-state index in [9.17, 15) is 0 Å². The summed E-state index contributed by atoms with van der Waals surface area (Å²) in [6, 6.07) is 1.84. The van der Waals surface area contributed by atoms with E-state index in [0.29, 0.717) is 0 Å². The van der Waals surface area contributed by atoms with Crippen LogP contribution in [0.25, 0.3) is 0 Å². The molecule has 9 heavy (non-hydrogen) atoms. The molecule has 0 fully saturated rings. The van der Waals surface area contributed by atoms with E-state index in [1.165, 1.54) is 0 Å². The summed E-state index contributed by atoms with van der Waals surface area (Å²) in [4.78, 5) is 0. The van der Waals surface area contributed by atoms with Crippen LogP contribution in [0.1, 0.15) is 12.2 Å². The number of fused-ring (bicyclic) bond motifs is 1. The van der Waals surface area contributed by atoms with Gasteiger partial charge >= 0.3 is 0 Å². The van der Waals surface area contributed by atoms with Gasteiger partial charge in [-0.15, -0.1) is 0 Å². The normalized spacial score (nSPS) is 16.4. The molecule has 0 amide bonds. The molecule has 0 unspecified atom stereocenters. The van der Waals surface area contributed by atoms with Crippen LogP contribution in [-0.2, 0) is 0 Å². The van der Waals surface area contributed by atoms with Crippen molar-refractivity contribution in [2.75, 3.05) is 6.61 Å². The van der Waals surface area contributed by atoms with Crippen LogP contribution in [-0.4, -0.2) is 6.61 Å². The maximum absolute atomic E-state index is 5.24. The number of ether oxygens (including phenoxy) is 1. The van der Waals surface area contributed by atoms with E-state index in [1.54, 1.807) is 6.26 Å². The average Bonchev–Trinajstić information content (AvgIpc) is 2.33. The van der Waals surface area contributed by atoms with Gasteiger partial charge in [0.05, 0.1) is 12.9 Å². The van der Waals surface area contributed by atoms with Gasteiger partial charge in [0, 0.05) is 12.5 Å². The van der Waals surface area contributed by atoms with Gasteiger partial charge in [0.2, 0.25) is 0 Å². The van der Waals surface area contributed by atoms with Gasteiger partial charge in [-0.05, 0) is 6.42 Å². The minimum atomic E-state index is 0.784. The molecule has 2 heterocycles. The summed E-state index contributed by atoms with van der Waals surface area (Å²) in [7, 11) is 0. The third-order valence-corrected chi connectivity index (χ3v) is 1.36. The zero-order chi connectivity index (χ0) is 6.10. The van der Waals surface area contributed by atoms with Crippen LogP contribution in [0.4, 0.5) is 0 Å². The van der Waals surface area contributed by atoms with Crippen molar-refractivity contribution in [3.05, 3.63) is 24.5 Å². The zero-order valence-corrected chi connectivity index (χ0v) is 4.96. The summed E-state index contributed by atoms with van der Waals surface area (Å²) < 4.78 is 10.3. The molecule has 2 nitrogen and oxygen atoms in total. The second kappa shape index (κ2) is 1.79. The Labute approximate surface area is 53.4 Å². The lowest BCUT2D eigenvalue weighted by Crippen LogP contribution is -2.03. The quantitative estimate of drug-likeness (QED) is 0.523. The minimum Gasteiger partial charge on any atom is -0.490 e. The van der Waals surface area contributed by atoms with Crippen molar-refractivity contribution < 1.29 is 9.15 Å². The lowest BCUT2D eigenvalue weighted by molar-refractivity contribution is 0.294. The Morgan fingerprint density at radius 3 is 3.33 bits per heavy atom. The second-order valence-electron chi connectivity index (χ2n) is 1.99. The number of furan rings is 1. The van der Waals surface area contributed by atoms with E-state index in [0.717, 1.165) is 24.5 Å². The molecule has 47 valence electrons. The maximum Gasteiger partial charge on any atom is 0.160 e. The topological polar surface area (TPSA) is 22.4 Å². The van der Waals surface area contributed by atoms with Gasteiger partial charge in [-0.2, -0.15) is 0 Å². The molecule has 1 aromatic heterocycles. The Hall–Kier alpha value is -0.920. The van der Waals surface area contributed by atoms with Crippen LogP contribution in [0, 0.1) is 6.42 Å². The molecule has 0 bridgehead atoms. The van der Waals surface area contributed by atoms with Gasteiger partial charge in [0.25, 0.3) is 0 Å². The van der Waals surface area contributed by atoms with Crippen molar-refractivity contribution in [2.24, 2.45) is 0 Å². The van der Waals surface area contributed by atoms with Crippen LogP contribution in [0.15, 0.2) is 16.7 Å². The molecule has 0 saturated carbocycles. The van der Waals surface area contributed by atoms with E-state index in [2.05, 4.69) is 0 Å². The second-order valence-corrected chi connectivity index (χ2v) is 1.99. The highest BCUT2D eigenvalue weighted by molar-refractivity contribution is 5.31. The van der Waals surface area contributed by atoms with Gasteiger partial charge in [0.1, 0.15) is 5.76 Å². The van der Waals surface area contributed by atoms with Gasteiger partial charge < -0.3 is 9.15 Å². The monoisotopic (exact) mass is 123 g/mol. The van der Waals surface area contributed by atoms with Crippen LogP contribution in [0.3, 0.4) is 0 Å². The third kappa shape index (κ3) is 0.707. The lowest BCUT2D eigenvalue weighted by atomic mass is 10.2. The molecule has 0 aromatic carbocycles. The summed E-state index contributed by atoms with van der Waals surface area (Å²) in [5.41, 5.74) is 0. The first kappa shape index (κ1) is 4.91. The van der Waals surface area contributed by atoms with Gasteiger partial charge in [-0.1, -0.05) is 0 Å². The smallest absolute Gasteiger partial charge is 0.160 e. The van der Waals surface area contributed by atoms with E-state index in [4.69, 9.17) is 9.15 Å². The fraction of sp³-hybridized carbons (Fsp3) is 0.286. The lowest BCUT2D eigenvalue weighted by Gasteiger charge is -2.09. The van der Waals surface area contributed by atoms with Gasteiger partial charge in [-0.25, -0.2) is 0 Å². The molecule has 0 atom stereocenters. The molecule has 1 aliphatic rings. The number of hydrogen-bond acceptors (Lipinski definition) is 2. The predicted molar refractivity (Wildman–Crippen MR) is 32.2 cm³/mol. The van der Waals surface area contributed by atoms with Crippen molar-refractivity contribution in [3.8, 4) is 5.75 Å². The van der Waals surface area contributed by atoms with Crippen LogP contribution in [0.5, 0.6) is 5.75 Å². The summed E-state index contributed by atoms with van der Waals surface area (Å²) in [5.74, 6) is 1.75. The highest BCUT2D eigenvalue weighted by atomic mass is 16.5. The van der Waals surface area contributed by atoms with E-state index >= 15 is 0 Å². The third-order valence-electron chi connectivity index (χ3n) is 1.36. The first-order valence-electron chi connectivity index (χ1n) is 3.00. The molecule has 0 N–H and O–H groups in total. The Morgan fingerprint density at radius 2 is 2.44 bits per heavy atom. The molecular weight excluding hydrogens is 116 g/mol. The summed E-state index contributed by atoms with van der Waals surface area (Å²) in [6.07, 6.45) is 4.64. The Balaban J connectivity index is 2.39. The van der Waals surface area contributed by atoms with Crippen LogP contribution in [0.2, 0.25) is 0 Å². The Bertz CT molecular complexity index is 182. The van der Waals surface area contributed by atoms with Gasteiger partial charge in [-0.3, -0.25) is 0 Å². The summed E-state index contributed by atoms with van der Waals surface area (Å²) in [6.45, 7) is 0.784. The molecule has 2 rings (SSSR count). The number of rotatable bonds is 0. The van der Waals surface area contributed by atoms with Crippen LogP contribution >= 0.6 is 0 Å². The van der Waals surface area contributed by atoms with Crippen LogP contribution < -0.4 is 4.74 Å². The number of hydrogen-bond donors (Lipinski definition) is 0. The van der Waals surface area contributed by atoms with E-state index < -0.39 is 0 Å². The standard InChI is InChI=1S/C7H7O2/c1-2-6-7(8-4-1)3-5-9-6/h2-3,5H,1,4H2. The molecule has 2 heteroatoms. The van der Waals surface area contributed by atoms with E-state index in [-0.39, 0.29) is 0 Å².